The molecule has 0 saturated carbocycles. The van der Waals surface area contributed by atoms with Crippen LogP contribution in [0.5, 0.6) is 0 Å². The molecule has 3 aromatic rings. The van der Waals surface area contributed by atoms with E-state index < -0.39 is 0 Å². The Bertz CT molecular complexity index is 1150. The molecule has 0 unspecified atom stereocenters. The third-order valence-corrected chi connectivity index (χ3v) is 5.87. The molecule has 2 aromatic heterocycles. The van der Waals surface area contributed by atoms with Gasteiger partial charge in [0.05, 0.1) is 42.2 Å². The molecule has 3 heterocycles. The predicted molar refractivity (Wildman–Crippen MR) is 117 cm³/mol. The number of halogens is 1. The summed E-state index contributed by atoms with van der Waals surface area (Å²) in [5, 5.41) is 10.2. The number of nitrogens with zero attached hydrogens (tertiary/aromatic N) is 3. The second kappa shape index (κ2) is 8.96. The normalized spacial score (nSPS) is 14.9. The fourth-order valence-corrected chi connectivity index (χ4v) is 4.03. The van der Waals surface area contributed by atoms with Gasteiger partial charge in [-0.2, -0.15) is 5.10 Å². The molecule has 0 aliphatic carbocycles. The molecule has 1 atom stereocenters. The van der Waals surface area contributed by atoms with Crippen molar-refractivity contribution >= 4 is 11.8 Å². The number of fused-ring (bicyclic) bond motifs is 1. The van der Waals surface area contributed by atoms with Gasteiger partial charge in [0.15, 0.2) is 0 Å². The minimum Gasteiger partial charge on any atom is -0.383 e. The molecular formula is C23H26FN5O3. The smallest absolute Gasteiger partial charge is 0.254 e. The summed E-state index contributed by atoms with van der Waals surface area (Å²) in [6, 6.07) is 7.86. The van der Waals surface area contributed by atoms with Crippen LogP contribution >= 0.6 is 0 Å². The SMILES string of the molecule is COCCNC(=O)c1cnn2c1C[C@H](NC(=O)c1cc(-c3ccc(F)cc3)n(C)c1C)C2. The van der Waals surface area contributed by atoms with Gasteiger partial charge in [-0.25, -0.2) is 4.39 Å². The molecule has 1 aliphatic rings. The maximum Gasteiger partial charge on any atom is 0.254 e. The average Bonchev–Trinajstić information content (AvgIpc) is 3.42. The highest BCUT2D eigenvalue weighted by Crippen LogP contribution is 2.26. The monoisotopic (exact) mass is 439 g/mol. The number of hydrogen-bond acceptors (Lipinski definition) is 4. The molecule has 168 valence electrons. The van der Waals surface area contributed by atoms with E-state index in [1.165, 1.54) is 12.1 Å². The number of benzene rings is 1. The number of aromatic nitrogens is 3. The number of carbonyl (C=O) groups excluding carboxylic acids is 2. The lowest BCUT2D eigenvalue weighted by molar-refractivity contribution is 0.0931. The zero-order chi connectivity index (χ0) is 22.8. The van der Waals surface area contributed by atoms with Gasteiger partial charge in [-0.15, -0.1) is 0 Å². The fraction of sp³-hybridized carbons (Fsp3) is 0.348. The summed E-state index contributed by atoms with van der Waals surface area (Å²) in [4.78, 5) is 25.4. The Morgan fingerprint density at radius 1 is 1.22 bits per heavy atom. The molecule has 1 aliphatic heterocycles. The van der Waals surface area contributed by atoms with Crippen LogP contribution in [0.3, 0.4) is 0 Å². The Balaban J connectivity index is 1.45. The summed E-state index contributed by atoms with van der Waals surface area (Å²) in [6.07, 6.45) is 2.08. The molecule has 9 heteroatoms. The zero-order valence-electron chi connectivity index (χ0n) is 18.3. The topological polar surface area (TPSA) is 90.2 Å². The summed E-state index contributed by atoms with van der Waals surface area (Å²) in [6.45, 7) is 3.24. The molecule has 0 fully saturated rings. The van der Waals surface area contributed by atoms with Crippen molar-refractivity contribution in [3.05, 3.63) is 64.9 Å². The van der Waals surface area contributed by atoms with Crippen molar-refractivity contribution < 1.29 is 18.7 Å². The average molecular weight is 439 g/mol. The molecule has 1 aromatic carbocycles. The molecular weight excluding hydrogens is 413 g/mol. The van der Waals surface area contributed by atoms with Crippen molar-refractivity contribution in [3.8, 4) is 11.3 Å². The third kappa shape index (κ3) is 4.16. The van der Waals surface area contributed by atoms with Crippen molar-refractivity contribution in [1.29, 1.82) is 0 Å². The van der Waals surface area contributed by atoms with E-state index in [1.807, 2.05) is 24.6 Å². The summed E-state index contributed by atoms with van der Waals surface area (Å²) in [5.41, 5.74) is 4.38. The number of ether oxygens (including phenoxy) is 1. The lowest BCUT2D eigenvalue weighted by Gasteiger charge is -2.12. The van der Waals surface area contributed by atoms with Crippen molar-refractivity contribution in [2.45, 2.75) is 25.9 Å². The van der Waals surface area contributed by atoms with Crippen LogP contribution in [-0.4, -0.2) is 52.5 Å². The fourth-order valence-electron chi connectivity index (χ4n) is 4.03. The first kappa shape index (κ1) is 21.8. The van der Waals surface area contributed by atoms with E-state index in [0.717, 1.165) is 22.6 Å². The highest BCUT2D eigenvalue weighted by Gasteiger charge is 2.29. The van der Waals surface area contributed by atoms with Gasteiger partial charge in [0.1, 0.15) is 5.82 Å². The van der Waals surface area contributed by atoms with Crippen LogP contribution in [0.15, 0.2) is 36.5 Å². The van der Waals surface area contributed by atoms with Gasteiger partial charge in [0.2, 0.25) is 0 Å². The molecule has 2 amide bonds. The van der Waals surface area contributed by atoms with Crippen molar-refractivity contribution in [1.82, 2.24) is 25.0 Å². The third-order valence-electron chi connectivity index (χ3n) is 5.87. The minimum atomic E-state index is -0.303. The van der Waals surface area contributed by atoms with Gasteiger partial charge < -0.3 is 19.9 Å². The Labute approximate surface area is 185 Å². The quantitative estimate of drug-likeness (QED) is 0.552. The van der Waals surface area contributed by atoms with E-state index in [1.54, 1.807) is 30.1 Å². The number of nitrogens with one attached hydrogen (secondary N) is 2. The van der Waals surface area contributed by atoms with Crippen LogP contribution in [0.2, 0.25) is 0 Å². The van der Waals surface area contributed by atoms with Crippen LogP contribution in [0.4, 0.5) is 4.39 Å². The molecule has 8 nitrogen and oxygen atoms in total. The summed E-state index contributed by atoms with van der Waals surface area (Å²) >= 11 is 0. The lowest BCUT2D eigenvalue weighted by atomic mass is 10.1. The van der Waals surface area contributed by atoms with E-state index in [9.17, 15) is 14.0 Å². The lowest BCUT2D eigenvalue weighted by Crippen LogP contribution is -2.36. The first-order valence-corrected chi connectivity index (χ1v) is 10.4. The predicted octanol–water partition coefficient (Wildman–Crippen LogP) is 2.07. The van der Waals surface area contributed by atoms with Gasteiger partial charge in [0, 0.05) is 38.5 Å². The van der Waals surface area contributed by atoms with E-state index in [4.69, 9.17) is 4.74 Å². The number of amides is 2. The molecule has 0 spiro atoms. The highest BCUT2D eigenvalue weighted by atomic mass is 19.1. The van der Waals surface area contributed by atoms with Gasteiger partial charge in [-0.3, -0.25) is 14.3 Å². The van der Waals surface area contributed by atoms with Gasteiger partial charge in [0.25, 0.3) is 11.8 Å². The number of carbonyl (C=O) groups is 2. The van der Waals surface area contributed by atoms with Crippen LogP contribution in [0, 0.1) is 12.7 Å². The Morgan fingerprint density at radius 2 is 1.97 bits per heavy atom. The molecule has 2 N–H and O–H groups in total. The molecule has 32 heavy (non-hydrogen) atoms. The first-order chi connectivity index (χ1) is 15.4. The summed E-state index contributed by atoms with van der Waals surface area (Å²) in [7, 11) is 3.46. The van der Waals surface area contributed by atoms with Gasteiger partial charge >= 0.3 is 0 Å². The molecule has 4 rings (SSSR count). The molecule has 0 radical (unpaired) electrons. The van der Waals surface area contributed by atoms with Crippen LogP contribution in [-0.2, 0) is 24.8 Å². The second-order valence-corrected chi connectivity index (χ2v) is 7.90. The Kier molecular flexibility index (Phi) is 6.09. The first-order valence-electron chi connectivity index (χ1n) is 10.4. The van der Waals surface area contributed by atoms with E-state index in [-0.39, 0.29) is 23.7 Å². The minimum absolute atomic E-state index is 0.161. The van der Waals surface area contributed by atoms with Crippen LogP contribution in [0.1, 0.15) is 32.1 Å². The van der Waals surface area contributed by atoms with Gasteiger partial charge in [-0.1, -0.05) is 0 Å². The number of methoxy groups -OCH3 is 1. The van der Waals surface area contributed by atoms with Crippen LogP contribution in [0.25, 0.3) is 11.3 Å². The molecule has 0 saturated heterocycles. The maximum atomic E-state index is 13.3. The summed E-state index contributed by atoms with van der Waals surface area (Å²) in [5.74, 6) is -0.686. The van der Waals surface area contributed by atoms with E-state index in [0.29, 0.717) is 37.2 Å². The maximum absolute atomic E-state index is 13.3. The van der Waals surface area contributed by atoms with Gasteiger partial charge in [-0.05, 0) is 42.8 Å². The number of rotatable bonds is 7. The number of hydrogen-bond donors (Lipinski definition) is 2. The van der Waals surface area contributed by atoms with Crippen LogP contribution < -0.4 is 10.6 Å². The second-order valence-electron chi connectivity index (χ2n) is 7.90. The Morgan fingerprint density at radius 3 is 2.69 bits per heavy atom. The highest BCUT2D eigenvalue weighted by molar-refractivity contribution is 5.97. The van der Waals surface area contributed by atoms with E-state index >= 15 is 0 Å². The van der Waals surface area contributed by atoms with Crippen molar-refractivity contribution in [3.63, 3.8) is 0 Å². The van der Waals surface area contributed by atoms with E-state index in [2.05, 4.69) is 15.7 Å². The zero-order valence-corrected chi connectivity index (χ0v) is 18.3. The van der Waals surface area contributed by atoms with Crippen molar-refractivity contribution in [2.24, 2.45) is 7.05 Å². The summed E-state index contributed by atoms with van der Waals surface area (Å²) < 4.78 is 21.9. The standard InChI is InChI=1S/C23H26FN5O3/c1-14-18(11-20(28(14)2)15-4-6-16(24)7-5-15)23(31)27-17-10-21-19(12-26-29(21)13-17)22(30)25-8-9-32-3/h4-7,11-12,17H,8-10,13H2,1-3H3,(H,25,30)(H,27,31)/t17-/m0/s1. The largest absolute Gasteiger partial charge is 0.383 e. The molecule has 0 bridgehead atoms. The van der Waals surface area contributed by atoms with Crippen molar-refractivity contribution in [2.75, 3.05) is 20.3 Å². The Hall–Kier alpha value is -3.46.